The molecule has 1 aliphatic rings. The first kappa shape index (κ1) is 17.0. The maximum absolute atomic E-state index is 12.3. The molecule has 2 amide bonds. The van der Waals surface area contributed by atoms with Crippen molar-refractivity contribution in [3.63, 3.8) is 0 Å². The van der Waals surface area contributed by atoms with Crippen LogP contribution in [0.1, 0.15) is 17.7 Å². The maximum Gasteiger partial charge on any atom is 0.225 e. The van der Waals surface area contributed by atoms with Crippen molar-refractivity contribution < 1.29 is 14.3 Å². The molecule has 2 heterocycles. The predicted molar refractivity (Wildman–Crippen MR) is 92.6 cm³/mol. The Balaban J connectivity index is 1.53. The van der Waals surface area contributed by atoms with Gasteiger partial charge in [-0.2, -0.15) is 0 Å². The molecule has 130 valence electrons. The van der Waals surface area contributed by atoms with Gasteiger partial charge in [0.05, 0.1) is 25.3 Å². The van der Waals surface area contributed by atoms with Crippen LogP contribution in [0.5, 0.6) is 5.75 Å². The molecule has 0 saturated carbocycles. The van der Waals surface area contributed by atoms with Gasteiger partial charge in [-0.25, -0.2) is 0 Å². The van der Waals surface area contributed by atoms with E-state index in [4.69, 9.17) is 4.74 Å². The zero-order valence-electron chi connectivity index (χ0n) is 14.1. The number of carbonyl (C=O) groups is 2. The number of ether oxygens (including phenoxy) is 1. The molecule has 0 bridgehead atoms. The van der Waals surface area contributed by atoms with Crippen LogP contribution in [-0.4, -0.2) is 35.4 Å². The molecule has 0 radical (unpaired) electrons. The quantitative estimate of drug-likeness (QED) is 0.870. The molecule has 1 aromatic carbocycles. The molecule has 6 nitrogen and oxygen atoms in total. The largest absolute Gasteiger partial charge is 0.497 e. The van der Waals surface area contributed by atoms with Gasteiger partial charge in [0, 0.05) is 25.7 Å². The number of hydrogen-bond acceptors (Lipinski definition) is 4. The van der Waals surface area contributed by atoms with Crippen LogP contribution in [0, 0.1) is 5.92 Å². The van der Waals surface area contributed by atoms with E-state index in [0.29, 0.717) is 19.6 Å². The van der Waals surface area contributed by atoms with Gasteiger partial charge in [0.15, 0.2) is 0 Å². The number of amides is 2. The molecular weight excluding hydrogens is 318 g/mol. The van der Waals surface area contributed by atoms with E-state index in [0.717, 1.165) is 17.0 Å². The molecule has 1 atom stereocenters. The average Bonchev–Trinajstić information content (AvgIpc) is 3.02. The highest BCUT2D eigenvalue weighted by Crippen LogP contribution is 2.21. The Morgan fingerprint density at radius 1 is 1.28 bits per heavy atom. The second kappa shape index (κ2) is 7.79. The van der Waals surface area contributed by atoms with E-state index >= 15 is 0 Å². The number of methoxy groups -OCH3 is 1. The van der Waals surface area contributed by atoms with E-state index in [2.05, 4.69) is 10.3 Å². The predicted octanol–water partition coefficient (Wildman–Crippen LogP) is 1.76. The smallest absolute Gasteiger partial charge is 0.225 e. The Kier molecular flexibility index (Phi) is 5.28. The Labute approximate surface area is 146 Å². The number of rotatable bonds is 6. The number of nitrogens with one attached hydrogen (secondary N) is 1. The van der Waals surface area contributed by atoms with E-state index in [1.54, 1.807) is 18.2 Å². The minimum atomic E-state index is -0.311. The summed E-state index contributed by atoms with van der Waals surface area (Å²) in [6, 6.07) is 13.2. The molecule has 0 aliphatic carbocycles. The van der Waals surface area contributed by atoms with Crippen molar-refractivity contribution in [2.75, 3.05) is 13.7 Å². The number of aromatic nitrogens is 1. The molecule has 1 saturated heterocycles. The van der Waals surface area contributed by atoms with Crippen molar-refractivity contribution in [3.05, 3.63) is 59.9 Å². The summed E-state index contributed by atoms with van der Waals surface area (Å²) >= 11 is 0. The molecule has 0 unspecified atom stereocenters. The van der Waals surface area contributed by atoms with Crippen molar-refractivity contribution in [2.24, 2.45) is 5.92 Å². The zero-order chi connectivity index (χ0) is 17.6. The first-order valence-corrected chi connectivity index (χ1v) is 8.24. The third-order valence-electron chi connectivity index (χ3n) is 4.29. The van der Waals surface area contributed by atoms with Crippen LogP contribution in [0.25, 0.3) is 0 Å². The van der Waals surface area contributed by atoms with Crippen LogP contribution < -0.4 is 10.1 Å². The van der Waals surface area contributed by atoms with Crippen molar-refractivity contribution >= 4 is 11.8 Å². The van der Waals surface area contributed by atoms with Crippen molar-refractivity contribution in [2.45, 2.75) is 19.5 Å². The van der Waals surface area contributed by atoms with Gasteiger partial charge < -0.3 is 15.0 Å². The number of carbonyl (C=O) groups excluding carboxylic acids is 2. The summed E-state index contributed by atoms with van der Waals surface area (Å²) in [6.45, 7) is 1.33. The van der Waals surface area contributed by atoms with Crippen molar-refractivity contribution in [3.8, 4) is 5.75 Å². The lowest BCUT2D eigenvalue weighted by molar-refractivity contribution is -0.129. The SMILES string of the molecule is COc1ccc(CN2C[C@H](C(=O)NCc3ccccn3)CC2=O)cc1. The van der Waals surface area contributed by atoms with Crippen LogP contribution in [0.2, 0.25) is 0 Å². The summed E-state index contributed by atoms with van der Waals surface area (Å²) in [5, 5.41) is 2.86. The van der Waals surface area contributed by atoms with Crippen LogP contribution in [0.3, 0.4) is 0 Å². The summed E-state index contributed by atoms with van der Waals surface area (Å²) < 4.78 is 5.13. The van der Waals surface area contributed by atoms with Crippen molar-refractivity contribution in [1.82, 2.24) is 15.2 Å². The average molecular weight is 339 g/mol. The topological polar surface area (TPSA) is 71.5 Å². The number of benzene rings is 1. The van der Waals surface area contributed by atoms with Gasteiger partial charge in [0.1, 0.15) is 5.75 Å². The molecule has 1 aromatic heterocycles. The van der Waals surface area contributed by atoms with E-state index in [9.17, 15) is 9.59 Å². The Morgan fingerprint density at radius 3 is 2.76 bits per heavy atom. The summed E-state index contributed by atoms with van der Waals surface area (Å²) in [5.74, 6) is 0.378. The molecular formula is C19H21N3O3. The van der Waals surface area contributed by atoms with Crippen LogP contribution in [0.15, 0.2) is 48.7 Å². The summed E-state index contributed by atoms with van der Waals surface area (Å²) in [4.78, 5) is 30.4. The first-order chi connectivity index (χ1) is 12.2. The van der Waals surface area contributed by atoms with E-state index in [1.165, 1.54) is 0 Å². The lowest BCUT2D eigenvalue weighted by Crippen LogP contribution is -2.32. The fourth-order valence-corrected chi connectivity index (χ4v) is 2.88. The monoisotopic (exact) mass is 339 g/mol. The molecule has 1 aliphatic heterocycles. The lowest BCUT2D eigenvalue weighted by Gasteiger charge is -2.17. The van der Waals surface area contributed by atoms with Gasteiger partial charge in [-0.3, -0.25) is 14.6 Å². The first-order valence-electron chi connectivity index (χ1n) is 8.24. The van der Waals surface area contributed by atoms with E-state index in [-0.39, 0.29) is 24.2 Å². The fraction of sp³-hybridized carbons (Fsp3) is 0.316. The van der Waals surface area contributed by atoms with Crippen molar-refractivity contribution in [1.29, 1.82) is 0 Å². The number of pyridine rings is 1. The molecule has 1 fully saturated rings. The summed E-state index contributed by atoms with van der Waals surface area (Å²) in [5.41, 5.74) is 1.82. The third-order valence-corrected chi connectivity index (χ3v) is 4.29. The van der Waals surface area contributed by atoms with Gasteiger partial charge in [0.2, 0.25) is 11.8 Å². The lowest BCUT2D eigenvalue weighted by atomic mass is 10.1. The molecule has 1 N–H and O–H groups in total. The maximum atomic E-state index is 12.3. The van der Waals surface area contributed by atoms with Crippen LogP contribution in [0.4, 0.5) is 0 Å². The van der Waals surface area contributed by atoms with E-state index < -0.39 is 0 Å². The third kappa shape index (κ3) is 4.35. The van der Waals surface area contributed by atoms with Gasteiger partial charge in [-0.05, 0) is 29.8 Å². The van der Waals surface area contributed by atoms with Gasteiger partial charge in [0.25, 0.3) is 0 Å². The molecule has 3 rings (SSSR count). The van der Waals surface area contributed by atoms with Gasteiger partial charge >= 0.3 is 0 Å². The highest BCUT2D eigenvalue weighted by molar-refractivity contribution is 5.89. The van der Waals surface area contributed by atoms with Gasteiger partial charge in [-0.1, -0.05) is 18.2 Å². The Morgan fingerprint density at radius 2 is 2.08 bits per heavy atom. The molecule has 0 spiro atoms. The summed E-state index contributed by atoms with van der Waals surface area (Å²) in [7, 11) is 1.62. The number of likely N-dealkylation sites (tertiary alicyclic amines) is 1. The van der Waals surface area contributed by atoms with Crippen LogP contribution >= 0.6 is 0 Å². The standard InChI is InChI=1S/C19H21N3O3/c1-25-17-7-5-14(6-8-17)12-22-13-15(10-18(22)23)19(24)21-11-16-4-2-3-9-20-16/h2-9,15H,10-13H2,1H3,(H,21,24)/t15-/m1/s1. The fourth-order valence-electron chi connectivity index (χ4n) is 2.88. The second-order valence-corrected chi connectivity index (χ2v) is 6.06. The minimum Gasteiger partial charge on any atom is -0.497 e. The number of nitrogens with zero attached hydrogens (tertiary/aromatic N) is 2. The summed E-state index contributed by atoms with van der Waals surface area (Å²) in [6.07, 6.45) is 1.95. The Hall–Kier alpha value is -2.89. The molecule has 25 heavy (non-hydrogen) atoms. The normalized spacial score (nSPS) is 16.8. The molecule has 2 aromatic rings. The van der Waals surface area contributed by atoms with E-state index in [1.807, 2.05) is 42.5 Å². The highest BCUT2D eigenvalue weighted by atomic mass is 16.5. The van der Waals surface area contributed by atoms with Gasteiger partial charge in [-0.15, -0.1) is 0 Å². The second-order valence-electron chi connectivity index (χ2n) is 6.06. The zero-order valence-corrected chi connectivity index (χ0v) is 14.1. The Bertz CT molecular complexity index is 731. The molecule has 6 heteroatoms. The number of hydrogen-bond donors (Lipinski definition) is 1. The highest BCUT2D eigenvalue weighted by Gasteiger charge is 2.34. The minimum absolute atomic E-state index is 0.00815. The van der Waals surface area contributed by atoms with Crippen LogP contribution in [-0.2, 0) is 22.7 Å².